The third-order valence-corrected chi connectivity index (χ3v) is 3.25. The van der Waals surface area contributed by atoms with Gasteiger partial charge in [0.1, 0.15) is 0 Å². The van der Waals surface area contributed by atoms with Crippen molar-refractivity contribution in [2.45, 2.75) is 45.5 Å². The molecule has 0 radical (unpaired) electrons. The Morgan fingerprint density at radius 3 is 2.35 bits per heavy atom. The van der Waals surface area contributed by atoms with Gasteiger partial charge in [0.2, 0.25) is 0 Å². The number of para-hydroxylation sites is 1. The molecule has 0 unspecified atom stereocenters. The first-order valence-electron chi connectivity index (χ1n) is 6.54. The molecule has 1 aromatic heterocycles. The molecule has 1 heterocycles. The second-order valence-corrected chi connectivity index (χ2v) is 5.63. The molecule has 0 saturated heterocycles. The van der Waals surface area contributed by atoms with Gasteiger partial charge >= 0.3 is 6.18 Å². The van der Waals surface area contributed by atoms with E-state index in [2.05, 4.69) is 0 Å². The van der Waals surface area contributed by atoms with Crippen LogP contribution in [-0.4, -0.2) is 15.3 Å². The molecule has 2 nitrogen and oxygen atoms in total. The predicted octanol–water partition coefficient (Wildman–Crippen LogP) is 3.99. The average molecular weight is 285 g/mol. The van der Waals surface area contributed by atoms with Gasteiger partial charge in [-0.15, -0.1) is 0 Å². The van der Waals surface area contributed by atoms with Gasteiger partial charge in [0.15, 0.2) is 0 Å². The van der Waals surface area contributed by atoms with Crippen LogP contribution in [0.1, 0.15) is 31.9 Å². The largest absolute Gasteiger partial charge is 0.418 e. The summed E-state index contributed by atoms with van der Waals surface area (Å²) < 4.78 is 41.0. The smallest absolute Gasteiger partial charge is 0.390 e. The van der Waals surface area contributed by atoms with Crippen molar-refractivity contribution in [1.29, 1.82) is 0 Å². The van der Waals surface area contributed by atoms with Crippen molar-refractivity contribution in [3.63, 3.8) is 0 Å². The maximum atomic E-state index is 13.1. The van der Waals surface area contributed by atoms with Crippen LogP contribution >= 0.6 is 0 Å². The molecular weight excluding hydrogens is 267 g/mol. The normalized spacial score (nSPS) is 13.2. The highest BCUT2D eigenvalue weighted by atomic mass is 19.4. The number of fused-ring (bicyclic) bond motifs is 1. The molecule has 2 aromatic rings. The Morgan fingerprint density at radius 1 is 1.20 bits per heavy atom. The lowest BCUT2D eigenvalue weighted by molar-refractivity contribution is -0.136. The van der Waals surface area contributed by atoms with Gasteiger partial charge in [-0.2, -0.15) is 13.2 Å². The molecule has 0 atom stereocenters. The number of nitrogens with zero attached hydrogens (tertiary/aromatic N) is 1. The number of hydrogen-bond donors (Lipinski definition) is 1. The van der Waals surface area contributed by atoms with Crippen LogP contribution in [0.2, 0.25) is 0 Å². The van der Waals surface area contributed by atoms with E-state index in [4.69, 9.17) is 0 Å². The first-order valence-corrected chi connectivity index (χ1v) is 6.54. The van der Waals surface area contributed by atoms with E-state index in [1.807, 2.05) is 0 Å². The summed E-state index contributed by atoms with van der Waals surface area (Å²) in [6.07, 6.45) is -2.35. The summed E-state index contributed by atoms with van der Waals surface area (Å²) in [6.45, 7) is 5.56. The first kappa shape index (κ1) is 14.9. The Bertz CT molecular complexity index is 620. The summed E-state index contributed by atoms with van der Waals surface area (Å²) in [5, 5.41) is 10.5. The summed E-state index contributed by atoms with van der Waals surface area (Å²) in [5.74, 6) is 0. The van der Waals surface area contributed by atoms with E-state index in [0.29, 0.717) is 18.4 Å². The molecule has 0 aliphatic rings. The number of alkyl halides is 3. The fourth-order valence-electron chi connectivity index (χ4n) is 2.52. The first-order chi connectivity index (χ1) is 9.13. The second kappa shape index (κ2) is 4.81. The number of aryl methyl sites for hydroxylation is 1. The van der Waals surface area contributed by atoms with Crippen molar-refractivity contribution >= 4 is 10.9 Å². The molecule has 0 saturated carbocycles. The number of benzene rings is 1. The fraction of sp³-hybridized carbons (Fsp3) is 0.467. The Labute approximate surface area is 115 Å². The lowest BCUT2D eigenvalue weighted by atomic mass is 9.97. The highest BCUT2D eigenvalue weighted by molar-refractivity contribution is 5.87. The average Bonchev–Trinajstić information content (AvgIpc) is 2.64. The minimum atomic E-state index is -4.38. The van der Waals surface area contributed by atoms with Gasteiger partial charge in [0.25, 0.3) is 0 Å². The van der Waals surface area contributed by atoms with Crippen LogP contribution in [0.25, 0.3) is 10.9 Å². The van der Waals surface area contributed by atoms with Crippen molar-refractivity contribution in [3.05, 3.63) is 35.5 Å². The van der Waals surface area contributed by atoms with Crippen LogP contribution in [-0.2, 0) is 19.1 Å². The molecule has 5 heteroatoms. The molecule has 0 amide bonds. The lowest BCUT2D eigenvalue weighted by Gasteiger charge is -2.16. The Balaban J connectivity index is 2.71. The van der Waals surface area contributed by atoms with Gasteiger partial charge < -0.3 is 9.67 Å². The highest BCUT2D eigenvalue weighted by Gasteiger charge is 2.34. The van der Waals surface area contributed by atoms with Gasteiger partial charge in [-0.1, -0.05) is 12.1 Å². The van der Waals surface area contributed by atoms with E-state index in [1.54, 1.807) is 37.6 Å². The molecular formula is C15H18F3NO. The zero-order valence-electron chi connectivity index (χ0n) is 11.8. The molecule has 1 N–H and O–H groups in total. The molecule has 2 rings (SSSR count). The third kappa shape index (κ3) is 2.82. The molecule has 0 aliphatic carbocycles. The van der Waals surface area contributed by atoms with Crippen LogP contribution < -0.4 is 0 Å². The monoisotopic (exact) mass is 285 g/mol. The Kier molecular flexibility index (Phi) is 3.58. The van der Waals surface area contributed by atoms with Crippen molar-refractivity contribution in [1.82, 2.24) is 4.57 Å². The van der Waals surface area contributed by atoms with E-state index in [9.17, 15) is 18.3 Å². The molecule has 0 fully saturated rings. The molecule has 0 spiro atoms. The number of aromatic nitrogens is 1. The van der Waals surface area contributed by atoms with Gasteiger partial charge in [-0.25, -0.2) is 0 Å². The Hall–Kier alpha value is -1.49. The number of aliphatic hydroxyl groups is 1. The van der Waals surface area contributed by atoms with Crippen LogP contribution in [0, 0.1) is 0 Å². The van der Waals surface area contributed by atoms with Crippen molar-refractivity contribution in [3.8, 4) is 0 Å². The van der Waals surface area contributed by atoms with Gasteiger partial charge in [0.05, 0.1) is 16.7 Å². The number of rotatable bonds is 3. The molecule has 1 aromatic carbocycles. The minimum Gasteiger partial charge on any atom is -0.390 e. The zero-order chi connectivity index (χ0) is 15.1. The van der Waals surface area contributed by atoms with Crippen LogP contribution in [0.5, 0.6) is 0 Å². The van der Waals surface area contributed by atoms with Crippen molar-refractivity contribution in [2.75, 3.05) is 0 Å². The number of halogens is 3. The summed E-state index contributed by atoms with van der Waals surface area (Å²) >= 11 is 0. The zero-order valence-corrected chi connectivity index (χ0v) is 11.8. The van der Waals surface area contributed by atoms with Gasteiger partial charge in [-0.05, 0) is 32.4 Å². The summed E-state index contributed by atoms with van der Waals surface area (Å²) in [5.41, 5.74) is -0.651. The third-order valence-electron chi connectivity index (χ3n) is 3.25. The summed E-state index contributed by atoms with van der Waals surface area (Å²) in [6, 6.07) is 4.19. The van der Waals surface area contributed by atoms with Gasteiger partial charge in [-0.3, -0.25) is 0 Å². The lowest BCUT2D eigenvalue weighted by Crippen LogP contribution is -2.21. The standard InChI is InChI=1S/C15H18F3NO/c1-4-19-9-10(8-14(2,3)20)11-6-5-7-12(13(11)19)15(16,17)18/h5-7,9,20H,4,8H2,1-3H3. The summed E-state index contributed by atoms with van der Waals surface area (Å²) in [7, 11) is 0. The molecule has 110 valence electrons. The minimum absolute atomic E-state index is 0.196. The van der Waals surface area contributed by atoms with E-state index < -0.39 is 17.3 Å². The second-order valence-electron chi connectivity index (χ2n) is 5.63. The number of hydrogen-bond acceptors (Lipinski definition) is 1. The highest BCUT2D eigenvalue weighted by Crippen LogP contribution is 2.37. The maximum Gasteiger partial charge on any atom is 0.418 e. The van der Waals surface area contributed by atoms with Crippen LogP contribution in [0.15, 0.2) is 24.4 Å². The maximum absolute atomic E-state index is 13.1. The SMILES string of the molecule is CCn1cc(CC(C)(C)O)c2cccc(C(F)(F)F)c21. The Morgan fingerprint density at radius 2 is 1.85 bits per heavy atom. The molecule has 0 bridgehead atoms. The van der Waals surface area contributed by atoms with E-state index in [-0.39, 0.29) is 5.52 Å². The molecule has 20 heavy (non-hydrogen) atoms. The van der Waals surface area contributed by atoms with Crippen LogP contribution in [0.4, 0.5) is 13.2 Å². The van der Waals surface area contributed by atoms with Crippen molar-refractivity contribution in [2.24, 2.45) is 0 Å². The topological polar surface area (TPSA) is 25.2 Å². The van der Waals surface area contributed by atoms with E-state index in [1.165, 1.54) is 6.07 Å². The van der Waals surface area contributed by atoms with Crippen molar-refractivity contribution < 1.29 is 18.3 Å². The van der Waals surface area contributed by atoms with E-state index >= 15 is 0 Å². The molecule has 0 aliphatic heterocycles. The quantitative estimate of drug-likeness (QED) is 0.906. The fourth-order valence-corrected chi connectivity index (χ4v) is 2.52. The predicted molar refractivity (Wildman–Crippen MR) is 72.6 cm³/mol. The summed E-state index contributed by atoms with van der Waals surface area (Å²) in [4.78, 5) is 0. The van der Waals surface area contributed by atoms with Gasteiger partial charge in [0, 0.05) is 24.5 Å². The van der Waals surface area contributed by atoms with E-state index in [0.717, 1.165) is 11.6 Å². The van der Waals surface area contributed by atoms with Crippen LogP contribution in [0.3, 0.4) is 0 Å².